The fourth-order valence-corrected chi connectivity index (χ4v) is 4.69. The largest absolute Gasteiger partial charge is 0.351 e. The first-order valence-electron chi connectivity index (χ1n) is 9.39. The lowest BCUT2D eigenvalue weighted by Crippen LogP contribution is -2.29. The molecule has 1 unspecified atom stereocenters. The van der Waals surface area contributed by atoms with Gasteiger partial charge < -0.3 is 10.6 Å². The van der Waals surface area contributed by atoms with E-state index in [9.17, 15) is 9.59 Å². The molecule has 1 aromatic carbocycles. The van der Waals surface area contributed by atoms with Crippen LogP contribution in [0.3, 0.4) is 0 Å². The van der Waals surface area contributed by atoms with Crippen LogP contribution in [-0.4, -0.2) is 18.4 Å². The van der Waals surface area contributed by atoms with E-state index in [4.69, 9.17) is 0 Å². The Labute approximate surface area is 158 Å². The van der Waals surface area contributed by atoms with E-state index >= 15 is 0 Å². The Balaban J connectivity index is 1.39. The van der Waals surface area contributed by atoms with Gasteiger partial charge in [-0.3, -0.25) is 9.59 Å². The van der Waals surface area contributed by atoms with Crippen molar-refractivity contribution in [3.8, 4) is 0 Å². The molecule has 0 bridgehead atoms. The van der Waals surface area contributed by atoms with Crippen LogP contribution < -0.4 is 10.6 Å². The summed E-state index contributed by atoms with van der Waals surface area (Å²) in [6.07, 6.45) is 5.38. The van der Waals surface area contributed by atoms with E-state index in [2.05, 4.69) is 34.9 Å². The second-order valence-corrected chi connectivity index (χ2v) is 8.44. The summed E-state index contributed by atoms with van der Waals surface area (Å²) < 4.78 is 0. The van der Waals surface area contributed by atoms with Crippen molar-refractivity contribution in [3.63, 3.8) is 0 Å². The van der Waals surface area contributed by atoms with Crippen LogP contribution in [0.15, 0.2) is 30.3 Å². The molecule has 2 aliphatic rings. The number of carbonyl (C=O) groups excluding carboxylic acids is 2. The fourth-order valence-electron chi connectivity index (χ4n) is 3.70. The molecule has 1 atom stereocenters. The number of carbonyl (C=O) groups is 2. The summed E-state index contributed by atoms with van der Waals surface area (Å²) in [4.78, 5) is 25.3. The van der Waals surface area contributed by atoms with Gasteiger partial charge in [0.05, 0.1) is 9.88 Å². The quantitative estimate of drug-likeness (QED) is 0.829. The number of fused-ring (bicyclic) bond motifs is 1. The topological polar surface area (TPSA) is 58.2 Å². The van der Waals surface area contributed by atoms with Crippen LogP contribution in [-0.2, 0) is 11.2 Å². The summed E-state index contributed by atoms with van der Waals surface area (Å²) in [6, 6.07) is 10.5. The smallest absolute Gasteiger partial charge is 0.261 e. The molecular formula is C21H24N2O2S. The number of thiophene rings is 1. The fraction of sp³-hybridized carbons (Fsp3) is 0.429. The summed E-state index contributed by atoms with van der Waals surface area (Å²) in [5.74, 6) is 0.596. The summed E-state index contributed by atoms with van der Waals surface area (Å²) >= 11 is 1.37. The highest BCUT2D eigenvalue weighted by Gasteiger charge is 2.30. The van der Waals surface area contributed by atoms with Gasteiger partial charge in [-0.15, -0.1) is 11.3 Å². The highest BCUT2D eigenvalue weighted by atomic mass is 32.1. The lowest BCUT2D eigenvalue weighted by Gasteiger charge is -2.25. The van der Waals surface area contributed by atoms with Gasteiger partial charge in [0.2, 0.25) is 5.91 Å². The highest BCUT2D eigenvalue weighted by molar-refractivity contribution is 7.18. The number of benzene rings is 1. The van der Waals surface area contributed by atoms with Crippen LogP contribution in [0.4, 0.5) is 5.00 Å². The molecule has 4 nitrogen and oxygen atoms in total. The van der Waals surface area contributed by atoms with Gasteiger partial charge in [0.15, 0.2) is 0 Å². The van der Waals surface area contributed by atoms with Crippen molar-refractivity contribution < 1.29 is 9.59 Å². The third-order valence-corrected chi connectivity index (χ3v) is 6.47. The molecule has 2 N–H and O–H groups in total. The van der Waals surface area contributed by atoms with Crippen molar-refractivity contribution in [2.45, 2.75) is 44.9 Å². The standard InChI is InChI=1S/C21H24N2O2S/c1-13-11-18(23-20(24)15-9-10-15)26-19(13)21(25)22-12-16-7-4-6-14-5-2-3-8-17(14)16/h2-3,5,8,11,15-16H,4,6-7,9-10,12H2,1H3,(H,22,25)(H,23,24). The number of anilines is 1. The van der Waals surface area contributed by atoms with Gasteiger partial charge in [-0.2, -0.15) is 0 Å². The molecular weight excluding hydrogens is 344 g/mol. The Bertz CT molecular complexity index is 838. The Morgan fingerprint density at radius 1 is 1.19 bits per heavy atom. The molecule has 2 aliphatic carbocycles. The average molecular weight is 369 g/mol. The molecule has 2 amide bonds. The zero-order valence-electron chi connectivity index (χ0n) is 15.0. The molecule has 0 spiro atoms. The number of rotatable bonds is 5. The van der Waals surface area contributed by atoms with Crippen LogP contribution in [0.25, 0.3) is 0 Å². The average Bonchev–Trinajstić information content (AvgIpc) is 3.43. The summed E-state index contributed by atoms with van der Waals surface area (Å²) in [6.45, 7) is 2.59. The van der Waals surface area contributed by atoms with Crippen molar-refractivity contribution >= 4 is 28.2 Å². The van der Waals surface area contributed by atoms with Crippen molar-refractivity contribution in [1.29, 1.82) is 0 Å². The third-order valence-electron chi connectivity index (χ3n) is 5.32. The number of amides is 2. The van der Waals surface area contributed by atoms with Crippen LogP contribution in [0.1, 0.15) is 58.0 Å². The van der Waals surface area contributed by atoms with Gasteiger partial charge in [0.1, 0.15) is 0 Å². The molecule has 2 aromatic rings. The molecule has 1 fully saturated rings. The molecule has 26 heavy (non-hydrogen) atoms. The molecule has 0 saturated heterocycles. The van der Waals surface area contributed by atoms with Crippen molar-refractivity contribution in [3.05, 3.63) is 51.9 Å². The zero-order valence-corrected chi connectivity index (χ0v) is 15.8. The van der Waals surface area contributed by atoms with Crippen LogP contribution in [0, 0.1) is 12.8 Å². The van der Waals surface area contributed by atoms with E-state index in [0.717, 1.165) is 36.2 Å². The maximum atomic E-state index is 12.7. The first kappa shape index (κ1) is 17.3. The lowest BCUT2D eigenvalue weighted by atomic mass is 9.83. The maximum absolute atomic E-state index is 12.7. The zero-order chi connectivity index (χ0) is 18.1. The minimum Gasteiger partial charge on any atom is -0.351 e. The summed E-state index contributed by atoms with van der Waals surface area (Å²) in [5, 5.41) is 6.82. The normalized spacial score (nSPS) is 18.9. The highest BCUT2D eigenvalue weighted by Crippen LogP contribution is 2.33. The summed E-state index contributed by atoms with van der Waals surface area (Å²) in [5.41, 5.74) is 3.71. The summed E-state index contributed by atoms with van der Waals surface area (Å²) in [7, 11) is 0. The van der Waals surface area contributed by atoms with Gasteiger partial charge >= 0.3 is 0 Å². The second-order valence-electron chi connectivity index (χ2n) is 7.38. The number of hydrogen-bond donors (Lipinski definition) is 2. The van der Waals surface area contributed by atoms with E-state index in [0.29, 0.717) is 17.3 Å². The molecule has 1 heterocycles. The van der Waals surface area contributed by atoms with Gasteiger partial charge in [-0.05, 0) is 61.8 Å². The molecule has 4 rings (SSSR count). The first-order valence-corrected chi connectivity index (χ1v) is 10.2. The third kappa shape index (κ3) is 3.68. The Morgan fingerprint density at radius 2 is 2.00 bits per heavy atom. The van der Waals surface area contributed by atoms with Gasteiger partial charge in [-0.1, -0.05) is 24.3 Å². The van der Waals surface area contributed by atoms with Crippen molar-refractivity contribution in [2.24, 2.45) is 5.92 Å². The Kier molecular flexibility index (Phi) is 4.81. The van der Waals surface area contributed by atoms with Gasteiger partial charge in [-0.25, -0.2) is 0 Å². The van der Waals surface area contributed by atoms with E-state index in [1.54, 1.807) is 0 Å². The lowest BCUT2D eigenvalue weighted by molar-refractivity contribution is -0.117. The predicted molar refractivity (Wildman–Crippen MR) is 105 cm³/mol. The van der Waals surface area contributed by atoms with Crippen LogP contribution in [0.5, 0.6) is 0 Å². The number of aryl methyl sites for hydroxylation is 2. The van der Waals surface area contributed by atoms with Crippen molar-refractivity contribution in [2.75, 3.05) is 11.9 Å². The second kappa shape index (κ2) is 7.23. The molecule has 136 valence electrons. The van der Waals surface area contributed by atoms with Gasteiger partial charge in [0.25, 0.3) is 5.91 Å². The molecule has 1 aromatic heterocycles. The SMILES string of the molecule is Cc1cc(NC(=O)C2CC2)sc1C(=O)NCC1CCCc2ccccc21. The minimum atomic E-state index is -0.0394. The first-order chi connectivity index (χ1) is 12.6. The van der Waals surface area contributed by atoms with Gasteiger partial charge in [0, 0.05) is 18.4 Å². The molecule has 5 heteroatoms. The Hall–Kier alpha value is -2.14. The van der Waals surface area contributed by atoms with E-state index in [1.807, 2.05) is 13.0 Å². The van der Waals surface area contributed by atoms with E-state index in [-0.39, 0.29) is 17.7 Å². The van der Waals surface area contributed by atoms with Crippen LogP contribution in [0.2, 0.25) is 0 Å². The number of nitrogens with one attached hydrogen (secondary N) is 2. The van der Waals surface area contributed by atoms with E-state index in [1.165, 1.54) is 28.9 Å². The maximum Gasteiger partial charge on any atom is 0.261 e. The Morgan fingerprint density at radius 3 is 2.81 bits per heavy atom. The van der Waals surface area contributed by atoms with Crippen LogP contribution >= 0.6 is 11.3 Å². The molecule has 1 saturated carbocycles. The number of hydrogen-bond acceptors (Lipinski definition) is 3. The van der Waals surface area contributed by atoms with Crippen molar-refractivity contribution in [1.82, 2.24) is 5.32 Å². The predicted octanol–water partition coefficient (Wildman–Crippen LogP) is 4.25. The molecule has 0 aliphatic heterocycles. The van der Waals surface area contributed by atoms with E-state index < -0.39 is 0 Å². The monoisotopic (exact) mass is 368 g/mol. The minimum absolute atomic E-state index is 0.0394. The molecule has 0 radical (unpaired) electrons.